The van der Waals surface area contributed by atoms with Gasteiger partial charge >= 0.3 is 0 Å². The van der Waals surface area contributed by atoms with Crippen molar-refractivity contribution in [2.75, 3.05) is 36.4 Å². The number of hydrogen-bond acceptors (Lipinski definition) is 6. The van der Waals surface area contributed by atoms with Gasteiger partial charge in [0.1, 0.15) is 6.33 Å². The Hall–Kier alpha value is -3.00. The van der Waals surface area contributed by atoms with Crippen molar-refractivity contribution in [2.45, 2.75) is 6.92 Å². The molecule has 1 aliphatic heterocycles. The minimum atomic E-state index is -0.549. The number of anilines is 3. The van der Waals surface area contributed by atoms with Crippen molar-refractivity contribution in [3.05, 3.63) is 54.4 Å². The van der Waals surface area contributed by atoms with Crippen molar-refractivity contribution in [3.8, 4) is 5.69 Å². The number of nitrogens with zero attached hydrogens (tertiary/aromatic N) is 5. The molecule has 8 heteroatoms. The van der Waals surface area contributed by atoms with Crippen LogP contribution in [-0.4, -0.2) is 45.9 Å². The van der Waals surface area contributed by atoms with E-state index in [-0.39, 0.29) is 0 Å². The van der Waals surface area contributed by atoms with E-state index in [0.717, 1.165) is 31.9 Å². The molecule has 0 amide bonds. The van der Waals surface area contributed by atoms with Crippen LogP contribution in [0, 0.1) is 12.9 Å². The van der Waals surface area contributed by atoms with Gasteiger partial charge in [0.2, 0.25) is 11.9 Å². The molecular weight excluding hydrogens is 333 g/mol. The van der Waals surface area contributed by atoms with E-state index in [9.17, 15) is 4.39 Å². The number of aryl methyl sites for hydroxylation is 1. The number of hydrogen-bond donors (Lipinski definition) is 2. The average molecular weight is 353 g/mol. The van der Waals surface area contributed by atoms with Gasteiger partial charge in [-0.3, -0.25) is 0 Å². The van der Waals surface area contributed by atoms with Crippen LogP contribution < -0.4 is 15.5 Å². The van der Waals surface area contributed by atoms with Crippen molar-refractivity contribution in [1.29, 1.82) is 0 Å². The van der Waals surface area contributed by atoms with Gasteiger partial charge in [0.25, 0.3) is 0 Å². The van der Waals surface area contributed by atoms with Crippen LogP contribution in [0.4, 0.5) is 21.7 Å². The first-order valence-electron chi connectivity index (χ1n) is 8.55. The van der Waals surface area contributed by atoms with E-state index in [1.54, 1.807) is 12.4 Å². The maximum atomic E-state index is 13.3. The molecular formula is C18H20FN7. The van der Waals surface area contributed by atoms with Gasteiger partial charge < -0.3 is 15.5 Å². The van der Waals surface area contributed by atoms with Crippen molar-refractivity contribution < 1.29 is 4.39 Å². The SMILES string of the molecule is Cc1cc(Nc2ncn(-c3ccnc(F)c3)n2)cc(N2CCNCC2)c1. The Morgan fingerprint density at radius 1 is 1.08 bits per heavy atom. The highest BCUT2D eigenvalue weighted by Crippen LogP contribution is 2.24. The largest absolute Gasteiger partial charge is 0.369 e. The van der Waals surface area contributed by atoms with Crippen molar-refractivity contribution in [1.82, 2.24) is 25.1 Å². The van der Waals surface area contributed by atoms with Crippen molar-refractivity contribution in [2.24, 2.45) is 0 Å². The van der Waals surface area contributed by atoms with Crippen molar-refractivity contribution in [3.63, 3.8) is 0 Å². The van der Waals surface area contributed by atoms with Crippen molar-refractivity contribution >= 4 is 17.3 Å². The molecule has 26 heavy (non-hydrogen) atoms. The standard InChI is InChI=1S/C18H20FN7/c1-13-8-14(10-16(9-13)25-6-4-20-5-7-25)23-18-22-12-26(24-18)15-2-3-21-17(19)11-15/h2-3,8-12,20H,4-7H2,1H3,(H,23,24). The Morgan fingerprint density at radius 3 is 2.73 bits per heavy atom. The first kappa shape index (κ1) is 16.5. The lowest BCUT2D eigenvalue weighted by atomic mass is 10.1. The maximum absolute atomic E-state index is 13.3. The fourth-order valence-electron chi connectivity index (χ4n) is 3.05. The summed E-state index contributed by atoms with van der Waals surface area (Å²) in [6.45, 7) is 6.03. The van der Waals surface area contributed by atoms with Gasteiger partial charge in [-0.1, -0.05) is 0 Å². The van der Waals surface area contributed by atoms with E-state index in [0.29, 0.717) is 11.6 Å². The first-order chi connectivity index (χ1) is 12.7. The molecule has 0 radical (unpaired) electrons. The second-order valence-corrected chi connectivity index (χ2v) is 6.27. The number of rotatable bonds is 4. The summed E-state index contributed by atoms with van der Waals surface area (Å²) in [5, 5.41) is 11.0. The van der Waals surface area contributed by atoms with Gasteiger partial charge in [-0.25, -0.2) is 9.67 Å². The lowest BCUT2D eigenvalue weighted by molar-refractivity contribution is 0.581. The van der Waals surface area contributed by atoms with Crippen LogP contribution in [0.2, 0.25) is 0 Å². The molecule has 0 atom stereocenters. The molecule has 3 heterocycles. The highest BCUT2D eigenvalue weighted by molar-refractivity contribution is 5.64. The molecule has 2 N–H and O–H groups in total. The van der Waals surface area contributed by atoms with Gasteiger partial charge in [0.05, 0.1) is 5.69 Å². The number of pyridine rings is 1. The quantitative estimate of drug-likeness (QED) is 0.701. The van der Waals surface area contributed by atoms with Crippen LogP contribution in [-0.2, 0) is 0 Å². The Bertz CT molecular complexity index is 902. The molecule has 0 aliphatic carbocycles. The van der Waals surface area contributed by atoms with E-state index in [4.69, 9.17) is 0 Å². The number of nitrogens with one attached hydrogen (secondary N) is 2. The van der Waals surface area contributed by atoms with Gasteiger partial charge in [-0.2, -0.15) is 9.37 Å². The monoisotopic (exact) mass is 353 g/mol. The minimum absolute atomic E-state index is 0.457. The molecule has 2 aromatic heterocycles. The molecule has 3 aromatic rings. The summed E-state index contributed by atoms with van der Waals surface area (Å²) in [6, 6.07) is 9.33. The summed E-state index contributed by atoms with van der Waals surface area (Å²) in [4.78, 5) is 10.2. The summed E-state index contributed by atoms with van der Waals surface area (Å²) < 4.78 is 14.8. The first-order valence-corrected chi connectivity index (χ1v) is 8.55. The summed E-state index contributed by atoms with van der Waals surface area (Å²) in [5.74, 6) is -0.0917. The fraction of sp³-hybridized carbons (Fsp3) is 0.278. The lowest BCUT2D eigenvalue weighted by Crippen LogP contribution is -2.43. The molecule has 0 saturated carbocycles. The second-order valence-electron chi connectivity index (χ2n) is 6.27. The molecule has 7 nitrogen and oxygen atoms in total. The van der Waals surface area contributed by atoms with E-state index in [1.807, 2.05) is 0 Å². The Morgan fingerprint density at radius 2 is 1.92 bits per heavy atom. The summed E-state index contributed by atoms with van der Waals surface area (Å²) in [5.41, 5.74) is 3.85. The molecule has 0 unspecified atom stereocenters. The summed E-state index contributed by atoms with van der Waals surface area (Å²) >= 11 is 0. The Balaban J connectivity index is 1.55. The summed E-state index contributed by atoms with van der Waals surface area (Å²) in [6.07, 6.45) is 2.95. The van der Waals surface area contributed by atoms with Gasteiger partial charge in [0.15, 0.2) is 0 Å². The fourth-order valence-corrected chi connectivity index (χ4v) is 3.05. The molecule has 134 valence electrons. The normalized spacial score (nSPS) is 14.5. The summed E-state index contributed by atoms with van der Waals surface area (Å²) in [7, 11) is 0. The van der Waals surface area contributed by atoms with E-state index < -0.39 is 5.95 Å². The zero-order chi connectivity index (χ0) is 17.9. The van der Waals surface area contributed by atoms with E-state index >= 15 is 0 Å². The topological polar surface area (TPSA) is 70.9 Å². The third kappa shape index (κ3) is 3.65. The molecule has 4 rings (SSSR count). The van der Waals surface area contributed by atoms with Crippen LogP contribution >= 0.6 is 0 Å². The number of aromatic nitrogens is 4. The maximum Gasteiger partial charge on any atom is 0.246 e. The van der Waals surface area contributed by atoms with Crippen LogP contribution in [0.1, 0.15) is 5.56 Å². The molecule has 1 saturated heterocycles. The third-order valence-corrected chi connectivity index (χ3v) is 4.27. The van der Waals surface area contributed by atoms with E-state index in [1.165, 1.54) is 28.2 Å². The Kier molecular flexibility index (Phi) is 4.49. The molecule has 1 aliphatic rings. The predicted octanol–water partition coefficient (Wildman–Crippen LogP) is 2.26. The zero-order valence-electron chi connectivity index (χ0n) is 14.5. The highest BCUT2D eigenvalue weighted by atomic mass is 19.1. The van der Waals surface area contributed by atoms with E-state index in [2.05, 4.69) is 55.7 Å². The second kappa shape index (κ2) is 7.09. The van der Waals surface area contributed by atoms with Crippen LogP contribution in [0.5, 0.6) is 0 Å². The molecule has 1 aromatic carbocycles. The molecule has 0 spiro atoms. The minimum Gasteiger partial charge on any atom is -0.369 e. The number of piperazine rings is 1. The van der Waals surface area contributed by atoms with Gasteiger partial charge in [-0.15, -0.1) is 5.10 Å². The lowest BCUT2D eigenvalue weighted by Gasteiger charge is -2.30. The number of halogens is 1. The molecule has 0 bridgehead atoms. The highest BCUT2D eigenvalue weighted by Gasteiger charge is 2.12. The van der Waals surface area contributed by atoms with Gasteiger partial charge in [-0.05, 0) is 36.8 Å². The predicted molar refractivity (Wildman–Crippen MR) is 98.7 cm³/mol. The molecule has 1 fully saturated rings. The smallest absolute Gasteiger partial charge is 0.246 e. The number of benzene rings is 1. The Labute approximate surface area is 150 Å². The zero-order valence-corrected chi connectivity index (χ0v) is 14.5. The van der Waals surface area contributed by atoms with Crippen LogP contribution in [0.15, 0.2) is 42.9 Å². The van der Waals surface area contributed by atoms with Gasteiger partial charge in [0, 0.05) is 49.8 Å². The third-order valence-electron chi connectivity index (χ3n) is 4.27. The average Bonchev–Trinajstić information content (AvgIpc) is 3.10. The van der Waals surface area contributed by atoms with Crippen LogP contribution in [0.25, 0.3) is 5.69 Å². The van der Waals surface area contributed by atoms with Crippen LogP contribution in [0.3, 0.4) is 0 Å².